The van der Waals surface area contributed by atoms with Crippen LogP contribution in [-0.4, -0.2) is 26.0 Å². The summed E-state index contributed by atoms with van der Waals surface area (Å²) in [7, 11) is 0. The van der Waals surface area contributed by atoms with Crippen molar-refractivity contribution in [2.75, 3.05) is 0 Å². The summed E-state index contributed by atoms with van der Waals surface area (Å²) >= 11 is 1.18. The number of nitrogens with one attached hydrogen (secondary N) is 2. The van der Waals surface area contributed by atoms with Crippen LogP contribution < -0.4 is 5.32 Å². The van der Waals surface area contributed by atoms with Gasteiger partial charge >= 0.3 is 0 Å². The molecule has 3 aromatic rings. The summed E-state index contributed by atoms with van der Waals surface area (Å²) in [6.45, 7) is 2.31. The molecule has 2 N–H and O–H groups in total. The van der Waals surface area contributed by atoms with E-state index < -0.39 is 10.8 Å². The van der Waals surface area contributed by atoms with Crippen LogP contribution in [0.4, 0.5) is 5.69 Å². The largest absolute Gasteiger partial charge is 0.348 e. The fraction of sp³-hybridized carbons (Fsp3) is 0.118. The fourth-order valence-corrected chi connectivity index (χ4v) is 3.03. The van der Waals surface area contributed by atoms with E-state index in [1.54, 1.807) is 0 Å². The van der Waals surface area contributed by atoms with E-state index in [0.717, 1.165) is 11.1 Å². The van der Waals surface area contributed by atoms with Crippen LogP contribution in [0.2, 0.25) is 0 Å². The number of benzene rings is 2. The van der Waals surface area contributed by atoms with Gasteiger partial charge in [-0.25, -0.2) is 4.98 Å². The molecule has 0 spiro atoms. The Balaban J connectivity index is 1.82. The van der Waals surface area contributed by atoms with Crippen LogP contribution in [0.15, 0.2) is 58.8 Å². The number of nitro benzene ring substituents is 1. The molecule has 0 unspecified atom stereocenters. The van der Waals surface area contributed by atoms with Gasteiger partial charge in [-0.1, -0.05) is 29.8 Å². The average Bonchev–Trinajstić information content (AvgIpc) is 3.14. The third-order valence-corrected chi connectivity index (χ3v) is 4.56. The SMILES string of the molecule is Cc1ccc(CNC(=O)c2cc([N+](=O)[O-])ccc2Sc2ncn[nH]2)cc1. The number of nitro groups is 1. The molecule has 1 aromatic heterocycles. The van der Waals surface area contributed by atoms with E-state index in [1.165, 1.54) is 36.3 Å². The molecule has 0 aliphatic rings. The Hall–Kier alpha value is -3.20. The van der Waals surface area contributed by atoms with E-state index in [4.69, 9.17) is 0 Å². The van der Waals surface area contributed by atoms with E-state index >= 15 is 0 Å². The first-order valence-corrected chi connectivity index (χ1v) is 8.50. The van der Waals surface area contributed by atoms with Crippen LogP contribution in [0.1, 0.15) is 21.5 Å². The van der Waals surface area contributed by atoms with Crippen LogP contribution >= 0.6 is 11.8 Å². The number of amides is 1. The molecule has 2 aromatic carbocycles. The third kappa shape index (κ3) is 4.25. The Labute approximate surface area is 153 Å². The Morgan fingerprint density at radius 3 is 2.69 bits per heavy atom. The van der Waals surface area contributed by atoms with Gasteiger partial charge in [0.1, 0.15) is 6.33 Å². The van der Waals surface area contributed by atoms with Crippen molar-refractivity contribution >= 4 is 23.4 Å². The number of aromatic amines is 1. The number of aromatic nitrogens is 3. The van der Waals surface area contributed by atoms with Gasteiger partial charge < -0.3 is 5.32 Å². The molecule has 0 fully saturated rings. The lowest BCUT2D eigenvalue weighted by atomic mass is 10.1. The van der Waals surface area contributed by atoms with Gasteiger partial charge in [-0.05, 0) is 30.3 Å². The van der Waals surface area contributed by atoms with Crippen LogP contribution in [0.25, 0.3) is 0 Å². The monoisotopic (exact) mass is 369 g/mol. The summed E-state index contributed by atoms with van der Waals surface area (Å²) in [4.78, 5) is 27.7. The minimum absolute atomic E-state index is 0.146. The molecule has 8 nitrogen and oxygen atoms in total. The lowest BCUT2D eigenvalue weighted by Crippen LogP contribution is -2.23. The quantitative estimate of drug-likeness (QED) is 0.510. The number of rotatable bonds is 6. The minimum Gasteiger partial charge on any atom is -0.348 e. The number of H-pyrrole nitrogens is 1. The van der Waals surface area contributed by atoms with Crippen molar-refractivity contribution in [3.8, 4) is 0 Å². The number of carbonyl (C=O) groups is 1. The lowest BCUT2D eigenvalue weighted by Gasteiger charge is -2.09. The van der Waals surface area contributed by atoms with E-state index in [9.17, 15) is 14.9 Å². The summed E-state index contributed by atoms with van der Waals surface area (Å²) < 4.78 is 0. The van der Waals surface area contributed by atoms with Crippen molar-refractivity contribution in [1.82, 2.24) is 20.5 Å². The number of nitrogens with zero attached hydrogens (tertiary/aromatic N) is 3. The third-order valence-electron chi connectivity index (χ3n) is 3.59. The molecule has 0 saturated heterocycles. The molecule has 3 rings (SSSR count). The van der Waals surface area contributed by atoms with Crippen molar-refractivity contribution < 1.29 is 9.72 Å². The second-order valence-electron chi connectivity index (χ2n) is 5.50. The van der Waals surface area contributed by atoms with Gasteiger partial charge in [0, 0.05) is 23.6 Å². The molecule has 0 atom stereocenters. The van der Waals surface area contributed by atoms with E-state index in [2.05, 4.69) is 20.5 Å². The predicted molar refractivity (Wildman–Crippen MR) is 96.0 cm³/mol. The zero-order valence-electron chi connectivity index (χ0n) is 13.8. The van der Waals surface area contributed by atoms with Crippen molar-refractivity contribution in [3.63, 3.8) is 0 Å². The second-order valence-corrected chi connectivity index (χ2v) is 6.53. The standard InChI is InChI=1S/C17H15N5O3S/c1-11-2-4-12(5-3-11)9-18-16(23)14-8-13(22(24)25)6-7-15(14)26-17-19-10-20-21-17/h2-8,10H,9H2,1H3,(H,18,23)(H,19,20,21). The van der Waals surface area contributed by atoms with Crippen molar-refractivity contribution in [2.45, 2.75) is 23.5 Å². The van der Waals surface area contributed by atoms with Crippen LogP contribution in [0.3, 0.4) is 0 Å². The molecule has 0 aliphatic carbocycles. The van der Waals surface area contributed by atoms with E-state index in [1.807, 2.05) is 31.2 Å². The van der Waals surface area contributed by atoms with Gasteiger partial charge in [-0.15, -0.1) is 0 Å². The van der Waals surface area contributed by atoms with Gasteiger partial charge in [0.2, 0.25) is 0 Å². The molecular weight excluding hydrogens is 354 g/mol. The van der Waals surface area contributed by atoms with Gasteiger partial charge in [-0.2, -0.15) is 5.10 Å². The highest BCUT2D eigenvalue weighted by Crippen LogP contribution is 2.30. The first kappa shape index (κ1) is 17.6. The Kier molecular flexibility index (Phi) is 5.28. The Morgan fingerprint density at radius 2 is 2.04 bits per heavy atom. The Bertz CT molecular complexity index is 926. The first-order valence-electron chi connectivity index (χ1n) is 7.68. The van der Waals surface area contributed by atoms with Gasteiger partial charge in [0.05, 0.1) is 10.5 Å². The highest BCUT2D eigenvalue weighted by atomic mass is 32.2. The molecular formula is C17H15N5O3S. The summed E-state index contributed by atoms with van der Waals surface area (Å²) in [6.07, 6.45) is 1.35. The Morgan fingerprint density at radius 1 is 1.27 bits per heavy atom. The number of non-ortho nitro benzene ring substituents is 1. The molecule has 0 saturated carbocycles. The maximum atomic E-state index is 12.6. The molecule has 1 heterocycles. The van der Waals surface area contributed by atoms with Crippen LogP contribution in [0, 0.1) is 17.0 Å². The first-order chi connectivity index (χ1) is 12.5. The second kappa shape index (κ2) is 7.79. The maximum Gasteiger partial charge on any atom is 0.270 e. The summed E-state index contributed by atoms with van der Waals surface area (Å²) in [5, 5.41) is 20.8. The smallest absolute Gasteiger partial charge is 0.270 e. The molecule has 0 aliphatic heterocycles. The van der Waals surface area contributed by atoms with E-state index in [0.29, 0.717) is 16.6 Å². The normalized spacial score (nSPS) is 10.5. The number of hydrogen-bond donors (Lipinski definition) is 2. The number of aryl methyl sites for hydroxylation is 1. The van der Waals surface area contributed by atoms with Gasteiger partial charge in [0.25, 0.3) is 11.6 Å². The molecule has 1 amide bonds. The number of carbonyl (C=O) groups excluding carboxylic acids is 1. The summed E-state index contributed by atoms with van der Waals surface area (Å²) in [6, 6.07) is 11.9. The fourth-order valence-electron chi connectivity index (χ4n) is 2.23. The highest BCUT2D eigenvalue weighted by molar-refractivity contribution is 7.99. The zero-order chi connectivity index (χ0) is 18.5. The predicted octanol–water partition coefficient (Wildman–Crippen LogP) is 3.10. The number of hydrogen-bond acceptors (Lipinski definition) is 6. The summed E-state index contributed by atoms with van der Waals surface area (Å²) in [5.41, 5.74) is 2.14. The van der Waals surface area contributed by atoms with Gasteiger partial charge in [0.15, 0.2) is 5.16 Å². The van der Waals surface area contributed by atoms with Crippen molar-refractivity contribution in [2.24, 2.45) is 0 Å². The van der Waals surface area contributed by atoms with Gasteiger partial charge in [-0.3, -0.25) is 20.0 Å². The van der Waals surface area contributed by atoms with E-state index in [-0.39, 0.29) is 11.3 Å². The minimum atomic E-state index is -0.528. The lowest BCUT2D eigenvalue weighted by molar-refractivity contribution is -0.384. The average molecular weight is 369 g/mol. The zero-order valence-corrected chi connectivity index (χ0v) is 14.6. The highest BCUT2D eigenvalue weighted by Gasteiger charge is 2.18. The summed E-state index contributed by atoms with van der Waals surface area (Å²) in [5.74, 6) is -0.392. The van der Waals surface area contributed by atoms with Crippen molar-refractivity contribution in [1.29, 1.82) is 0 Å². The van der Waals surface area contributed by atoms with Crippen molar-refractivity contribution in [3.05, 3.63) is 75.6 Å². The molecule has 9 heteroatoms. The van der Waals surface area contributed by atoms with Crippen LogP contribution in [-0.2, 0) is 6.54 Å². The maximum absolute atomic E-state index is 12.6. The molecule has 0 radical (unpaired) electrons. The molecule has 132 valence electrons. The van der Waals surface area contributed by atoms with Crippen LogP contribution in [0.5, 0.6) is 0 Å². The molecule has 26 heavy (non-hydrogen) atoms. The topological polar surface area (TPSA) is 114 Å². The molecule has 0 bridgehead atoms.